The minimum Gasteiger partial charge on any atom is -0.336 e. The molecule has 150 valence electrons. The van der Waals surface area contributed by atoms with Gasteiger partial charge in [-0.25, -0.2) is 4.98 Å². The van der Waals surface area contributed by atoms with E-state index < -0.39 is 11.7 Å². The Morgan fingerprint density at radius 2 is 1.82 bits per heavy atom. The zero-order valence-electron chi connectivity index (χ0n) is 15.6. The number of aryl methyl sites for hydroxylation is 1. The molecule has 2 saturated heterocycles. The number of benzene rings is 1. The first-order valence-electron chi connectivity index (χ1n) is 9.51. The van der Waals surface area contributed by atoms with Gasteiger partial charge < -0.3 is 4.90 Å². The van der Waals surface area contributed by atoms with E-state index in [-0.39, 0.29) is 5.91 Å². The second kappa shape index (κ2) is 7.48. The molecule has 8 heteroatoms. The van der Waals surface area contributed by atoms with E-state index in [0.717, 1.165) is 44.7 Å². The van der Waals surface area contributed by atoms with Crippen LogP contribution < -0.4 is 0 Å². The minimum atomic E-state index is -4.36. The second-order valence-electron chi connectivity index (χ2n) is 7.45. The van der Waals surface area contributed by atoms with Gasteiger partial charge in [0, 0.05) is 24.7 Å². The molecule has 1 unspecified atom stereocenters. The van der Waals surface area contributed by atoms with Crippen LogP contribution in [-0.2, 0) is 6.18 Å². The van der Waals surface area contributed by atoms with E-state index >= 15 is 0 Å². The van der Waals surface area contributed by atoms with Crippen LogP contribution in [0.3, 0.4) is 0 Å². The third-order valence-corrected chi connectivity index (χ3v) is 6.75. The average Bonchev–Trinajstić information content (AvgIpc) is 3.40. The molecule has 0 N–H and O–H groups in total. The maximum absolute atomic E-state index is 13.0. The van der Waals surface area contributed by atoms with Crippen molar-refractivity contribution in [2.45, 2.75) is 38.4 Å². The normalized spacial score (nSPS) is 20.9. The number of alkyl halides is 3. The molecule has 0 spiro atoms. The molecule has 2 aromatic rings. The predicted octanol–water partition coefficient (Wildman–Crippen LogP) is 4.45. The van der Waals surface area contributed by atoms with Gasteiger partial charge in [-0.1, -0.05) is 12.1 Å². The molecule has 4 rings (SSSR count). The molecule has 2 fully saturated rings. The smallest absolute Gasteiger partial charge is 0.336 e. The second-order valence-corrected chi connectivity index (χ2v) is 8.44. The third-order valence-electron chi connectivity index (χ3n) is 5.56. The number of halogens is 3. The van der Waals surface area contributed by atoms with Gasteiger partial charge in [-0.05, 0) is 51.4 Å². The molecule has 1 amide bonds. The molecule has 28 heavy (non-hydrogen) atoms. The summed E-state index contributed by atoms with van der Waals surface area (Å²) >= 11 is 1.26. The van der Waals surface area contributed by atoms with E-state index in [1.807, 2.05) is 4.90 Å². The standard InChI is InChI=1S/C20H22F3N3OS/c1-13-17(19(27)26-11-8-16(12-26)25-9-2-3-10-25)28-18(24-13)14-4-6-15(7-5-14)20(21,22)23/h4-7,16H,2-3,8-12H2,1H3. The lowest BCUT2D eigenvalue weighted by Crippen LogP contribution is -2.37. The highest BCUT2D eigenvalue weighted by atomic mass is 32.1. The quantitative estimate of drug-likeness (QED) is 0.752. The van der Waals surface area contributed by atoms with Crippen molar-refractivity contribution < 1.29 is 18.0 Å². The molecule has 0 saturated carbocycles. The number of nitrogens with zero attached hydrogens (tertiary/aromatic N) is 3. The molecular weight excluding hydrogens is 387 g/mol. The molecule has 0 aliphatic carbocycles. The van der Waals surface area contributed by atoms with Gasteiger partial charge in [0.25, 0.3) is 5.91 Å². The summed E-state index contributed by atoms with van der Waals surface area (Å²) in [5.74, 6) is -0.0186. The average molecular weight is 409 g/mol. The lowest BCUT2D eigenvalue weighted by Gasteiger charge is -2.23. The Kier molecular flexibility index (Phi) is 5.18. The van der Waals surface area contributed by atoms with Gasteiger partial charge in [-0.3, -0.25) is 9.69 Å². The largest absolute Gasteiger partial charge is 0.416 e. The van der Waals surface area contributed by atoms with Crippen LogP contribution in [-0.4, -0.2) is 52.9 Å². The van der Waals surface area contributed by atoms with Gasteiger partial charge in [-0.15, -0.1) is 11.3 Å². The van der Waals surface area contributed by atoms with Crippen LogP contribution in [0, 0.1) is 6.92 Å². The lowest BCUT2D eigenvalue weighted by molar-refractivity contribution is -0.137. The summed E-state index contributed by atoms with van der Waals surface area (Å²) < 4.78 is 38.2. The van der Waals surface area contributed by atoms with E-state index in [9.17, 15) is 18.0 Å². The van der Waals surface area contributed by atoms with Crippen molar-refractivity contribution in [2.75, 3.05) is 26.2 Å². The Balaban J connectivity index is 1.49. The molecule has 0 bridgehead atoms. The molecule has 0 radical (unpaired) electrons. The van der Waals surface area contributed by atoms with Crippen molar-refractivity contribution in [3.63, 3.8) is 0 Å². The third kappa shape index (κ3) is 3.80. The first-order chi connectivity index (χ1) is 13.3. The zero-order chi connectivity index (χ0) is 19.9. The molecule has 3 heterocycles. The molecule has 2 aliphatic heterocycles. The summed E-state index contributed by atoms with van der Waals surface area (Å²) in [7, 11) is 0. The summed E-state index contributed by atoms with van der Waals surface area (Å²) in [5.41, 5.74) is 0.539. The highest BCUT2D eigenvalue weighted by molar-refractivity contribution is 7.17. The van der Waals surface area contributed by atoms with Gasteiger partial charge in [0.05, 0.1) is 11.3 Å². The van der Waals surface area contributed by atoms with Crippen molar-refractivity contribution >= 4 is 17.2 Å². The van der Waals surface area contributed by atoms with Crippen molar-refractivity contribution in [2.24, 2.45) is 0 Å². The van der Waals surface area contributed by atoms with Crippen molar-refractivity contribution in [1.29, 1.82) is 0 Å². The summed E-state index contributed by atoms with van der Waals surface area (Å²) in [4.78, 5) is 22.4. The van der Waals surface area contributed by atoms with Crippen LogP contribution in [0.2, 0.25) is 0 Å². The first-order valence-corrected chi connectivity index (χ1v) is 10.3. The van der Waals surface area contributed by atoms with Gasteiger partial charge >= 0.3 is 6.18 Å². The fraction of sp³-hybridized carbons (Fsp3) is 0.500. The minimum absolute atomic E-state index is 0.0186. The van der Waals surface area contributed by atoms with E-state index in [1.54, 1.807) is 6.92 Å². The Labute approximate surface area is 166 Å². The number of thiazole rings is 1. The number of amides is 1. The number of rotatable bonds is 3. The predicted molar refractivity (Wildman–Crippen MR) is 102 cm³/mol. The topological polar surface area (TPSA) is 36.4 Å². The molecular formula is C20H22F3N3OS. The van der Waals surface area contributed by atoms with Gasteiger partial charge in [0.15, 0.2) is 0 Å². The highest BCUT2D eigenvalue weighted by Crippen LogP contribution is 2.34. The maximum Gasteiger partial charge on any atom is 0.416 e. The Morgan fingerprint density at radius 1 is 1.14 bits per heavy atom. The van der Waals surface area contributed by atoms with Crippen LogP contribution >= 0.6 is 11.3 Å². The number of carbonyl (C=O) groups excluding carboxylic acids is 1. The molecule has 1 atom stereocenters. The fourth-order valence-corrected chi connectivity index (χ4v) is 5.03. The number of hydrogen-bond acceptors (Lipinski definition) is 4. The fourth-order valence-electron chi connectivity index (χ4n) is 3.99. The van der Waals surface area contributed by atoms with Gasteiger partial charge in [0.1, 0.15) is 9.88 Å². The number of aromatic nitrogens is 1. The summed E-state index contributed by atoms with van der Waals surface area (Å²) in [6, 6.07) is 5.36. The Hall–Kier alpha value is -1.93. The van der Waals surface area contributed by atoms with E-state index in [2.05, 4.69) is 9.88 Å². The van der Waals surface area contributed by atoms with E-state index in [4.69, 9.17) is 0 Å². The van der Waals surface area contributed by atoms with Crippen LogP contribution in [0.4, 0.5) is 13.2 Å². The van der Waals surface area contributed by atoms with Crippen LogP contribution in [0.1, 0.15) is 40.2 Å². The van der Waals surface area contributed by atoms with Gasteiger partial charge in [-0.2, -0.15) is 13.2 Å². The Bertz CT molecular complexity index is 857. The molecule has 2 aliphatic rings. The van der Waals surface area contributed by atoms with Crippen LogP contribution in [0.5, 0.6) is 0 Å². The molecule has 4 nitrogen and oxygen atoms in total. The van der Waals surface area contributed by atoms with E-state index in [0.29, 0.717) is 27.2 Å². The maximum atomic E-state index is 13.0. The lowest BCUT2D eigenvalue weighted by atomic mass is 10.1. The number of likely N-dealkylation sites (tertiary alicyclic amines) is 2. The summed E-state index contributed by atoms with van der Waals surface area (Å²) in [6.45, 7) is 5.50. The van der Waals surface area contributed by atoms with Crippen molar-refractivity contribution in [3.05, 3.63) is 40.4 Å². The summed E-state index contributed by atoms with van der Waals surface area (Å²) in [6.07, 6.45) is -0.904. The van der Waals surface area contributed by atoms with Crippen LogP contribution in [0.25, 0.3) is 10.6 Å². The Morgan fingerprint density at radius 3 is 2.46 bits per heavy atom. The number of hydrogen-bond donors (Lipinski definition) is 0. The van der Waals surface area contributed by atoms with E-state index in [1.165, 1.54) is 36.3 Å². The SMILES string of the molecule is Cc1nc(-c2ccc(C(F)(F)F)cc2)sc1C(=O)N1CCC(N2CCCC2)C1. The summed E-state index contributed by atoms with van der Waals surface area (Å²) in [5, 5.41) is 0.574. The van der Waals surface area contributed by atoms with Crippen LogP contribution in [0.15, 0.2) is 24.3 Å². The molecule has 1 aromatic heterocycles. The van der Waals surface area contributed by atoms with Crippen molar-refractivity contribution in [1.82, 2.24) is 14.8 Å². The highest BCUT2D eigenvalue weighted by Gasteiger charge is 2.33. The zero-order valence-corrected chi connectivity index (χ0v) is 16.4. The number of carbonyl (C=O) groups is 1. The monoisotopic (exact) mass is 409 g/mol. The van der Waals surface area contributed by atoms with Gasteiger partial charge in [0.2, 0.25) is 0 Å². The molecule has 1 aromatic carbocycles. The first kappa shape index (κ1) is 19.4. The van der Waals surface area contributed by atoms with Crippen molar-refractivity contribution in [3.8, 4) is 10.6 Å².